The van der Waals surface area contributed by atoms with Gasteiger partial charge in [-0.25, -0.2) is 0 Å². The van der Waals surface area contributed by atoms with Gasteiger partial charge in [0.2, 0.25) is 0 Å². The molecule has 0 aromatic heterocycles. The monoisotopic (exact) mass is 256 g/mol. The molecule has 0 radical (unpaired) electrons. The van der Waals surface area contributed by atoms with E-state index >= 15 is 0 Å². The van der Waals surface area contributed by atoms with Gasteiger partial charge in [0.05, 0.1) is 5.92 Å². The molecule has 0 heterocycles. The minimum absolute atomic E-state index is 0.0898. The first kappa shape index (κ1) is 17.5. The Balaban J connectivity index is 3.54. The van der Waals surface area contributed by atoms with E-state index in [2.05, 4.69) is 13.8 Å². The van der Waals surface area contributed by atoms with Crippen molar-refractivity contribution in [3.05, 3.63) is 0 Å². The summed E-state index contributed by atoms with van der Waals surface area (Å²) in [6.07, 6.45) is 14.0. The molecule has 1 N–H and O–H groups in total. The second kappa shape index (κ2) is 12.9. The van der Waals surface area contributed by atoms with Gasteiger partial charge in [-0.05, 0) is 12.8 Å². The molecule has 0 amide bonds. The summed E-state index contributed by atoms with van der Waals surface area (Å²) in [5, 5.41) is 9.17. The van der Waals surface area contributed by atoms with Gasteiger partial charge in [-0.2, -0.15) is 0 Å². The zero-order valence-corrected chi connectivity index (χ0v) is 12.4. The van der Waals surface area contributed by atoms with E-state index in [1.54, 1.807) is 0 Å². The Kier molecular flexibility index (Phi) is 12.5. The highest BCUT2D eigenvalue weighted by atomic mass is 16.4. The van der Waals surface area contributed by atoms with Crippen LogP contribution < -0.4 is 0 Å². The van der Waals surface area contributed by atoms with Crippen molar-refractivity contribution in [2.24, 2.45) is 5.92 Å². The molecule has 2 nitrogen and oxygen atoms in total. The van der Waals surface area contributed by atoms with Crippen LogP contribution in [0.1, 0.15) is 90.9 Å². The summed E-state index contributed by atoms with van der Waals surface area (Å²) in [6, 6.07) is 0. The summed E-state index contributed by atoms with van der Waals surface area (Å²) < 4.78 is 0. The van der Waals surface area contributed by atoms with E-state index in [0.717, 1.165) is 25.7 Å². The summed E-state index contributed by atoms with van der Waals surface area (Å²) in [5.41, 5.74) is 0. The van der Waals surface area contributed by atoms with Gasteiger partial charge >= 0.3 is 5.97 Å². The fourth-order valence-electron chi connectivity index (χ4n) is 2.38. The maximum Gasteiger partial charge on any atom is 0.306 e. The molecule has 0 fully saturated rings. The molecule has 0 spiro atoms. The number of aliphatic carboxylic acids is 1. The molecule has 0 unspecified atom stereocenters. The Morgan fingerprint density at radius 2 is 1.17 bits per heavy atom. The Labute approximate surface area is 113 Å². The van der Waals surface area contributed by atoms with Gasteiger partial charge in [-0.3, -0.25) is 4.79 Å². The molecule has 0 aromatic rings. The molecule has 0 aliphatic rings. The number of rotatable bonds is 13. The average Bonchev–Trinajstić information content (AvgIpc) is 2.35. The molecule has 0 saturated heterocycles. The molecule has 0 aliphatic carbocycles. The largest absolute Gasteiger partial charge is 0.481 e. The highest BCUT2D eigenvalue weighted by molar-refractivity contribution is 5.69. The van der Waals surface area contributed by atoms with E-state index in [4.69, 9.17) is 0 Å². The second-order valence-electron chi connectivity index (χ2n) is 5.44. The molecule has 0 rings (SSSR count). The van der Waals surface area contributed by atoms with E-state index < -0.39 is 5.97 Å². The molecular weight excluding hydrogens is 224 g/mol. The number of carboxylic acid groups (broad SMARTS) is 1. The van der Waals surface area contributed by atoms with E-state index in [1.165, 1.54) is 51.4 Å². The first-order chi connectivity index (χ1) is 8.72. The third-order valence-electron chi connectivity index (χ3n) is 3.66. The van der Waals surface area contributed by atoms with Crippen LogP contribution in [-0.2, 0) is 4.79 Å². The number of hydrogen-bond acceptors (Lipinski definition) is 1. The van der Waals surface area contributed by atoms with Crippen LogP contribution in [0.15, 0.2) is 0 Å². The Bertz CT molecular complexity index is 190. The Morgan fingerprint density at radius 3 is 1.61 bits per heavy atom. The smallest absolute Gasteiger partial charge is 0.306 e. The molecule has 0 aromatic carbocycles. The van der Waals surface area contributed by atoms with Crippen LogP contribution in [0, 0.1) is 5.92 Å². The molecule has 2 heteroatoms. The number of hydrogen-bond donors (Lipinski definition) is 1. The summed E-state index contributed by atoms with van der Waals surface area (Å²) in [5.74, 6) is -0.673. The van der Waals surface area contributed by atoms with Crippen LogP contribution in [0.4, 0.5) is 0 Å². The van der Waals surface area contributed by atoms with Crippen molar-refractivity contribution in [2.45, 2.75) is 90.9 Å². The number of unbranched alkanes of at least 4 members (excludes halogenated alkanes) is 8. The van der Waals surface area contributed by atoms with E-state index in [0.29, 0.717) is 0 Å². The normalized spacial score (nSPS) is 12.6. The molecule has 0 aliphatic heterocycles. The van der Waals surface area contributed by atoms with Crippen molar-refractivity contribution in [3.63, 3.8) is 0 Å². The first-order valence-electron chi connectivity index (χ1n) is 7.95. The van der Waals surface area contributed by atoms with Crippen LogP contribution in [0.2, 0.25) is 0 Å². The fourth-order valence-corrected chi connectivity index (χ4v) is 2.38. The Hall–Kier alpha value is -0.530. The third kappa shape index (κ3) is 10.6. The highest BCUT2D eigenvalue weighted by Crippen LogP contribution is 2.19. The van der Waals surface area contributed by atoms with Crippen LogP contribution in [0.25, 0.3) is 0 Å². The summed E-state index contributed by atoms with van der Waals surface area (Å²) in [7, 11) is 0. The third-order valence-corrected chi connectivity index (χ3v) is 3.66. The lowest BCUT2D eigenvalue weighted by atomic mass is 9.94. The van der Waals surface area contributed by atoms with Crippen LogP contribution in [0.5, 0.6) is 0 Å². The Morgan fingerprint density at radius 1 is 0.778 bits per heavy atom. The number of carboxylic acids is 1. The lowest BCUT2D eigenvalue weighted by Crippen LogP contribution is -2.13. The first-order valence-corrected chi connectivity index (χ1v) is 7.95. The van der Waals surface area contributed by atoms with Gasteiger partial charge in [-0.15, -0.1) is 0 Å². The lowest BCUT2D eigenvalue weighted by Gasteiger charge is -2.11. The van der Waals surface area contributed by atoms with Crippen molar-refractivity contribution in [2.75, 3.05) is 0 Å². The van der Waals surface area contributed by atoms with Gasteiger partial charge in [0.1, 0.15) is 0 Å². The van der Waals surface area contributed by atoms with Crippen molar-refractivity contribution >= 4 is 5.97 Å². The summed E-state index contributed by atoms with van der Waals surface area (Å²) >= 11 is 0. The SMILES string of the molecule is CCCCCCCC[C@@H](CCCCCC)C(=O)O. The van der Waals surface area contributed by atoms with E-state index in [-0.39, 0.29) is 5.92 Å². The van der Waals surface area contributed by atoms with Crippen molar-refractivity contribution in [1.82, 2.24) is 0 Å². The maximum absolute atomic E-state index is 11.1. The average molecular weight is 256 g/mol. The van der Waals surface area contributed by atoms with Crippen molar-refractivity contribution in [3.8, 4) is 0 Å². The minimum Gasteiger partial charge on any atom is -0.481 e. The zero-order valence-electron chi connectivity index (χ0n) is 12.4. The van der Waals surface area contributed by atoms with Gasteiger partial charge in [0, 0.05) is 0 Å². The van der Waals surface area contributed by atoms with Gasteiger partial charge in [0.25, 0.3) is 0 Å². The van der Waals surface area contributed by atoms with Crippen molar-refractivity contribution < 1.29 is 9.90 Å². The maximum atomic E-state index is 11.1. The molecule has 108 valence electrons. The van der Waals surface area contributed by atoms with Gasteiger partial charge < -0.3 is 5.11 Å². The van der Waals surface area contributed by atoms with E-state index in [1.807, 2.05) is 0 Å². The van der Waals surface area contributed by atoms with Crippen molar-refractivity contribution in [1.29, 1.82) is 0 Å². The van der Waals surface area contributed by atoms with E-state index in [9.17, 15) is 9.90 Å². The van der Waals surface area contributed by atoms with Crippen LogP contribution >= 0.6 is 0 Å². The predicted molar refractivity (Wildman–Crippen MR) is 77.9 cm³/mol. The summed E-state index contributed by atoms with van der Waals surface area (Å²) in [6.45, 7) is 4.40. The van der Waals surface area contributed by atoms with Crippen LogP contribution in [0.3, 0.4) is 0 Å². The minimum atomic E-state index is -0.583. The lowest BCUT2D eigenvalue weighted by molar-refractivity contribution is -0.142. The zero-order chi connectivity index (χ0) is 13.6. The molecule has 0 bridgehead atoms. The molecule has 18 heavy (non-hydrogen) atoms. The topological polar surface area (TPSA) is 37.3 Å². The number of carbonyl (C=O) groups is 1. The van der Waals surface area contributed by atoms with Gasteiger partial charge in [0.15, 0.2) is 0 Å². The highest BCUT2D eigenvalue weighted by Gasteiger charge is 2.15. The standard InChI is InChI=1S/C16H32O2/c1-3-5-7-9-10-12-14-15(16(17)18)13-11-8-6-4-2/h15H,3-14H2,1-2H3,(H,17,18)/t15-/m1/s1. The molecular formula is C16H32O2. The predicted octanol–water partition coefficient (Wildman–Crippen LogP) is 5.41. The molecule has 0 saturated carbocycles. The van der Waals surface area contributed by atoms with Crippen LogP contribution in [-0.4, -0.2) is 11.1 Å². The fraction of sp³-hybridized carbons (Fsp3) is 0.938. The molecule has 1 atom stereocenters. The second-order valence-corrected chi connectivity index (χ2v) is 5.44. The quantitative estimate of drug-likeness (QED) is 0.447. The van der Waals surface area contributed by atoms with Gasteiger partial charge in [-0.1, -0.05) is 78.1 Å². The summed E-state index contributed by atoms with van der Waals surface area (Å²) in [4.78, 5) is 11.1.